The molecule has 4 N–H and O–H groups in total. The van der Waals surface area contributed by atoms with Crippen molar-refractivity contribution in [3.63, 3.8) is 0 Å². The highest BCUT2D eigenvalue weighted by atomic mass is 32.2. The Labute approximate surface area is 95.1 Å². The van der Waals surface area contributed by atoms with E-state index in [-0.39, 0.29) is 0 Å². The standard InChI is InChI=1S/C11H17N3S/c1-9(13)14-15-6-5-10-3-2-4-11(7-10)8-12/h2-4,7H,5-6,8,12H2,1H3,(H2,13,14). The number of amidine groups is 1. The lowest BCUT2D eigenvalue weighted by Gasteiger charge is -2.02. The van der Waals surface area contributed by atoms with Crippen LogP contribution in [0.2, 0.25) is 0 Å². The Bertz CT molecular complexity index is 332. The first-order valence-electron chi connectivity index (χ1n) is 4.92. The Morgan fingerprint density at radius 2 is 2.13 bits per heavy atom. The third-order valence-electron chi connectivity index (χ3n) is 1.92. The van der Waals surface area contributed by atoms with Crippen LogP contribution in [0.5, 0.6) is 0 Å². The molecule has 0 saturated carbocycles. The van der Waals surface area contributed by atoms with Crippen LogP contribution in [-0.2, 0) is 13.0 Å². The molecule has 0 unspecified atom stereocenters. The summed E-state index contributed by atoms with van der Waals surface area (Å²) in [7, 11) is 0. The van der Waals surface area contributed by atoms with E-state index in [9.17, 15) is 0 Å². The third-order valence-corrected chi connectivity index (χ3v) is 2.72. The summed E-state index contributed by atoms with van der Waals surface area (Å²) in [4.78, 5) is 0. The smallest absolute Gasteiger partial charge is 0.104 e. The molecule has 0 aromatic heterocycles. The van der Waals surface area contributed by atoms with Crippen LogP contribution in [-0.4, -0.2) is 11.6 Å². The van der Waals surface area contributed by atoms with Crippen molar-refractivity contribution in [3.05, 3.63) is 35.4 Å². The molecule has 0 atom stereocenters. The summed E-state index contributed by atoms with van der Waals surface area (Å²) in [6.45, 7) is 2.39. The van der Waals surface area contributed by atoms with Gasteiger partial charge in [-0.3, -0.25) is 0 Å². The zero-order valence-electron chi connectivity index (χ0n) is 8.94. The summed E-state index contributed by atoms with van der Waals surface area (Å²) < 4.78 is 4.07. The quantitative estimate of drug-likeness (QED) is 0.346. The van der Waals surface area contributed by atoms with Gasteiger partial charge in [-0.15, -0.1) is 0 Å². The van der Waals surface area contributed by atoms with E-state index in [2.05, 4.69) is 16.5 Å². The monoisotopic (exact) mass is 223 g/mol. The second kappa shape index (κ2) is 6.48. The highest BCUT2D eigenvalue weighted by Crippen LogP contribution is 2.10. The molecule has 1 aromatic carbocycles. The highest BCUT2D eigenvalue weighted by Gasteiger charge is 1.95. The van der Waals surface area contributed by atoms with Gasteiger partial charge in [-0.1, -0.05) is 24.3 Å². The normalized spacial score (nSPS) is 11.7. The summed E-state index contributed by atoms with van der Waals surface area (Å²) in [5, 5.41) is 0. The molecule has 0 heterocycles. The first-order valence-corrected chi connectivity index (χ1v) is 5.86. The van der Waals surface area contributed by atoms with Gasteiger partial charge in [0.05, 0.1) is 0 Å². The van der Waals surface area contributed by atoms with Crippen molar-refractivity contribution < 1.29 is 0 Å². The molecule has 0 bridgehead atoms. The number of rotatable bonds is 5. The largest absolute Gasteiger partial charge is 0.387 e. The molecule has 0 amide bonds. The van der Waals surface area contributed by atoms with Gasteiger partial charge in [0.2, 0.25) is 0 Å². The summed E-state index contributed by atoms with van der Waals surface area (Å²) in [5.74, 6) is 1.57. The summed E-state index contributed by atoms with van der Waals surface area (Å²) in [6, 6.07) is 8.33. The van der Waals surface area contributed by atoms with Crippen molar-refractivity contribution in [2.75, 3.05) is 5.75 Å². The van der Waals surface area contributed by atoms with Gasteiger partial charge < -0.3 is 11.5 Å². The van der Waals surface area contributed by atoms with E-state index in [0.29, 0.717) is 12.4 Å². The molecular weight excluding hydrogens is 206 g/mol. The van der Waals surface area contributed by atoms with E-state index in [1.165, 1.54) is 23.1 Å². The lowest BCUT2D eigenvalue weighted by molar-refractivity contribution is 1.05. The number of aryl methyl sites for hydroxylation is 1. The van der Waals surface area contributed by atoms with Crippen LogP contribution in [0.3, 0.4) is 0 Å². The second-order valence-corrected chi connectivity index (χ2v) is 4.19. The molecule has 82 valence electrons. The minimum Gasteiger partial charge on any atom is -0.387 e. The maximum absolute atomic E-state index is 5.57. The first kappa shape index (κ1) is 12.1. The molecule has 0 fully saturated rings. The van der Waals surface area contributed by atoms with E-state index in [1.807, 2.05) is 12.1 Å². The molecule has 3 nitrogen and oxygen atoms in total. The summed E-state index contributed by atoms with van der Waals surface area (Å²) in [6.07, 6.45) is 0.995. The maximum atomic E-state index is 5.57. The fourth-order valence-electron chi connectivity index (χ4n) is 1.22. The number of nitrogens with two attached hydrogens (primary N) is 2. The molecule has 0 radical (unpaired) electrons. The van der Waals surface area contributed by atoms with Gasteiger partial charge in [0.15, 0.2) is 0 Å². The average molecular weight is 223 g/mol. The van der Waals surface area contributed by atoms with Gasteiger partial charge in [0.25, 0.3) is 0 Å². The fourth-order valence-corrected chi connectivity index (χ4v) is 1.85. The molecule has 0 aliphatic rings. The number of benzene rings is 1. The Morgan fingerprint density at radius 1 is 1.40 bits per heavy atom. The van der Waals surface area contributed by atoms with E-state index in [1.54, 1.807) is 6.92 Å². The molecule has 15 heavy (non-hydrogen) atoms. The van der Waals surface area contributed by atoms with Crippen LogP contribution in [0.1, 0.15) is 18.1 Å². The van der Waals surface area contributed by atoms with Gasteiger partial charge in [-0.25, -0.2) is 4.40 Å². The maximum Gasteiger partial charge on any atom is 0.104 e. The van der Waals surface area contributed by atoms with Crippen molar-refractivity contribution >= 4 is 17.8 Å². The molecule has 0 spiro atoms. The molecule has 0 aliphatic heterocycles. The van der Waals surface area contributed by atoms with Crippen molar-refractivity contribution in [1.29, 1.82) is 0 Å². The minimum atomic E-state index is 0.598. The zero-order valence-corrected chi connectivity index (χ0v) is 9.76. The number of hydrogen-bond donors (Lipinski definition) is 2. The SMILES string of the molecule is C/C(N)=N/SCCc1cccc(CN)c1. The first-order chi connectivity index (χ1) is 7.22. The average Bonchev–Trinajstić information content (AvgIpc) is 2.24. The highest BCUT2D eigenvalue weighted by molar-refractivity contribution is 7.98. The van der Waals surface area contributed by atoms with Crippen LogP contribution < -0.4 is 11.5 Å². The Morgan fingerprint density at radius 3 is 2.80 bits per heavy atom. The molecule has 1 aromatic rings. The molecule has 4 heteroatoms. The summed E-state index contributed by atoms with van der Waals surface area (Å²) >= 11 is 1.50. The van der Waals surface area contributed by atoms with Crippen molar-refractivity contribution in [2.45, 2.75) is 19.9 Å². The van der Waals surface area contributed by atoms with Crippen molar-refractivity contribution in [3.8, 4) is 0 Å². The van der Waals surface area contributed by atoms with Crippen LogP contribution in [0, 0.1) is 0 Å². The van der Waals surface area contributed by atoms with E-state index >= 15 is 0 Å². The van der Waals surface area contributed by atoms with Crippen LogP contribution in [0.25, 0.3) is 0 Å². The Hall–Kier alpha value is -1.00. The van der Waals surface area contributed by atoms with E-state index < -0.39 is 0 Å². The lowest BCUT2D eigenvalue weighted by atomic mass is 10.1. The van der Waals surface area contributed by atoms with Crippen LogP contribution in [0.15, 0.2) is 28.7 Å². The Balaban J connectivity index is 2.40. The van der Waals surface area contributed by atoms with Gasteiger partial charge in [-0.05, 0) is 36.4 Å². The van der Waals surface area contributed by atoms with Gasteiger partial charge >= 0.3 is 0 Å². The number of hydrogen-bond acceptors (Lipinski definition) is 3. The topological polar surface area (TPSA) is 64.4 Å². The Kier molecular flexibility index (Phi) is 5.21. The van der Waals surface area contributed by atoms with Gasteiger partial charge in [0.1, 0.15) is 5.84 Å². The van der Waals surface area contributed by atoms with Gasteiger partial charge in [0, 0.05) is 12.3 Å². The van der Waals surface area contributed by atoms with Gasteiger partial charge in [-0.2, -0.15) is 0 Å². The lowest BCUT2D eigenvalue weighted by Crippen LogP contribution is -2.03. The molecular formula is C11H17N3S. The fraction of sp³-hybridized carbons (Fsp3) is 0.364. The predicted molar refractivity (Wildman–Crippen MR) is 67.8 cm³/mol. The second-order valence-electron chi connectivity index (χ2n) is 3.34. The molecule has 0 saturated heterocycles. The molecule has 1 rings (SSSR count). The third kappa shape index (κ3) is 4.85. The van der Waals surface area contributed by atoms with Crippen molar-refractivity contribution in [1.82, 2.24) is 0 Å². The van der Waals surface area contributed by atoms with Crippen LogP contribution >= 0.6 is 11.9 Å². The molecule has 0 aliphatic carbocycles. The van der Waals surface area contributed by atoms with E-state index in [0.717, 1.165) is 12.2 Å². The van der Waals surface area contributed by atoms with Crippen LogP contribution in [0.4, 0.5) is 0 Å². The summed E-state index contributed by atoms with van der Waals surface area (Å²) in [5.41, 5.74) is 13.5. The van der Waals surface area contributed by atoms with Crippen molar-refractivity contribution in [2.24, 2.45) is 15.9 Å². The number of nitrogens with zero attached hydrogens (tertiary/aromatic N) is 1. The minimum absolute atomic E-state index is 0.598. The van der Waals surface area contributed by atoms with E-state index in [4.69, 9.17) is 11.5 Å². The zero-order chi connectivity index (χ0) is 11.1. The predicted octanol–water partition coefficient (Wildman–Crippen LogP) is 1.71.